The lowest BCUT2D eigenvalue weighted by atomic mass is 10.0. The van der Waals surface area contributed by atoms with Crippen molar-refractivity contribution >= 4 is 6.09 Å². The molecule has 1 N–H and O–H groups in total. The van der Waals surface area contributed by atoms with E-state index in [1.165, 1.54) is 6.07 Å². The van der Waals surface area contributed by atoms with Crippen molar-refractivity contribution in [3.05, 3.63) is 71.9 Å². The van der Waals surface area contributed by atoms with Crippen molar-refractivity contribution in [2.24, 2.45) is 0 Å². The van der Waals surface area contributed by atoms with Crippen LogP contribution in [-0.2, 0) is 17.6 Å². The molecule has 0 saturated carbocycles. The van der Waals surface area contributed by atoms with Crippen LogP contribution in [0.3, 0.4) is 0 Å². The Morgan fingerprint density at radius 2 is 1.79 bits per heavy atom. The first-order chi connectivity index (χ1) is 13.8. The number of nitrogens with one attached hydrogen (secondary N) is 1. The zero-order chi connectivity index (χ0) is 20.9. The average Bonchev–Trinajstić information content (AvgIpc) is 3.11. The van der Waals surface area contributed by atoms with Gasteiger partial charge in [-0.25, -0.2) is 9.18 Å². The van der Waals surface area contributed by atoms with Crippen molar-refractivity contribution in [1.82, 2.24) is 15.5 Å². The van der Waals surface area contributed by atoms with Gasteiger partial charge in [-0.3, -0.25) is 0 Å². The summed E-state index contributed by atoms with van der Waals surface area (Å²) in [5, 5.41) is 6.79. The zero-order valence-electron chi connectivity index (χ0n) is 16.7. The minimum Gasteiger partial charge on any atom is -0.444 e. The van der Waals surface area contributed by atoms with E-state index in [0.717, 1.165) is 5.56 Å². The number of halogens is 1. The van der Waals surface area contributed by atoms with Crippen LogP contribution >= 0.6 is 0 Å². The lowest BCUT2D eigenvalue weighted by molar-refractivity contribution is 0.0502. The first-order valence-electron chi connectivity index (χ1n) is 9.41. The molecule has 0 spiro atoms. The first-order valence-corrected chi connectivity index (χ1v) is 9.41. The van der Waals surface area contributed by atoms with Gasteiger partial charge in [0.1, 0.15) is 11.4 Å². The zero-order valence-corrected chi connectivity index (χ0v) is 16.7. The van der Waals surface area contributed by atoms with E-state index in [4.69, 9.17) is 9.26 Å². The van der Waals surface area contributed by atoms with Crippen molar-refractivity contribution in [1.29, 1.82) is 0 Å². The van der Waals surface area contributed by atoms with Crippen molar-refractivity contribution in [3.8, 4) is 11.4 Å². The van der Waals surface area contributed by atoms with Gasteiger partial charge in [-0.05, 0) is 38.8 Å². The fourth-order valence-corrected chi connectivity index (χ4v) is 2.83. The summed E-state index contributed by atoms with van der Waals surface area (Å²) in [6, 6.07) is 15.4. The lowest BCUT2D eigenvalue weighted by Crippen LogP contribution is -2.41. The van der Waals surface area contributed by atoms with Crippen molar-refractivity contribution in [2.75, 3.05) is 0 Å². The molecule has 0 aliphatic carbocycles. The van der Waals surface area contributed by atoms with Gasteiger partial charge in [-0.15, -0.1) is 0 Å². The Kier molecular flexibility index (Phi) is 6.26. The van der Waals surface area contributed by atoms with Crippen molar-refractivity contribution < 1.29 is 18.4 Å². The minimum atomic E-state index is -0.641. The summed E-state index contributed by atoms with van der Waals surface area (Å²) in [5.74, 6) is 0.475. The summed E-state index contributed by atoms with van der Waals surface area (Å²) < 4.78 is 24.8. The molecule has 0 radical (unpaired) electrons. The van der Waals surface area contributed by atoms with Crippen molar-refractivity contribution in [3.63, 3.8) is 0 Å². The molecular formula is C22H24FN3O3. The number of rotatable bonds is 6. The number of amides is 1. The van der Waals surface area contributed by atoms with Crippen LogP contribution in [0.2, 0.25) is 0 Å². The molecule has 0 saturated heterocycles. The fraction of sp³-hybridized carbons (Fsp3) is 0.318. The molecule has 6 nitrogen and oxygen atoms in total. The number of benzene rings is 2. The highest BCUT2D eigenvalue weighted by molar-refractivity contribution is 5.68. The van der Waals surface area contributed by atoms with Crippen LogP contribution in [0.4, 0.5) is 9.18 Å². The van der Waals surface area contributed by atoms with E-state index in [2.05, 4.69) is 15.5 Å². The molecule has 0 aliphatic rings. The number of carbonyl (C=O) groups excluding carboxylic acids is 1. The van der Waals surface area contributed by atoms with Gasteiger partial charge < -0.3 is 14.6 Å². The van der Waals surface area contributed by atoms with E-state index in [-0.39, 0.29) is 18.7 Å². The van der Waals surface area contributed by atoms with Crippen molar-refractivity contribution in [2.45, 2.75) is 45.3 Å². The summed E-state index contributed by atoms with van der Waals surface area (Å²) in [5.41, 5.74) is 0.669. The van der Waals surface area contributed by atoms with E-state index >= 15 is 0 Å². The third kappa shape index (κ3) is 6.14. The van der Waals surface area contributed by atoms with Gasteiger partial charge in [0, 0.05) is 18.0 Å². The van der Waals surface area contributed by atoms with E-state index in [9.17, 15) is 9.18 Å². The molecule has 7 heteroatoms. The average molecular weight is 397 g/mol. The predicted octanol–water partition coefficient (Wildman–Crippen LogP) is 4.55. The molecule has 152 valence electrons. The van der Waals surface area contributed by atoms with Crippen LogP contribution in [0, 0.1) is 5.82 Å². The van der Waals surface area contributed by atoms with Gasteiger partial charge in [0.25, 0.3) is 0 Å². The quantitative estimate of drug-likeness (QED) is 0.660. The molecule has 3 aromatic rings. The molecule has 3 rings (SSSR count). The normalized spacial score (nSPS) is 12.4. The summed E-state index contributed by atoms with van der Waals surface area (Å²) >= 11 is 0. The summed E-state index contributed by atoms with van der Waals surface area (Å²) in [7, 11) is 0. The number of nitrogens with zero attached hydrogens (tertiary/aromatic N) is 2. The highest BCUT2D eigenvalue weighted by atomic mass is 19.1. The van der Waals surface area contributed by atoms with E-state index in [1.807, 2.05) is 30.3 Å². The summed E-state index contributed by atoms with van der Waals surface area (Å²) in [6.45, 7) is 5.34. The lowest BCUT2D eigenvalue weighted by Gasteiger charge is -2.23. The Morgan fingerprint density at radius 3 is 2.48 bits per heavy atom. The standard InChI is InChI=1S/C22H24FN3O3/c1-22(2,3)28-21(27)24-17(13-16-11-7-8-12-18(16)23)14-19-25-20(26-29-19)15-9-5-4-6-10-15/h4-12,17H,13-14H2,1-3H3,(H,24,27)/t17-/m1/s1. The third-order valence-corrected chi connectivity index (χ3v) is 4.07. The van der Waals surface area contributed by atoms with Crippen LogP contribution in [0.15, 0.2) is 59.1 Å². The molecular weight excluding hydrogens is 373 g/mol. The van der Waals surface area contributed by atoms with Gasteiger partial charge in [0.05, 0.1) is 0 Å². The summed E-state index contributed by atoms with van der Waals surface area (Å²) in [6.07, 6.45) is -0.0795. The molecule has 1 aromatic heterocycles. The Balaban J connectivity index is 1.76. The third-order valence-electron chi connectivity index (χ3n) is 4.07. The Morgan fingerprint density at radius 1 is 1.10 bits per heavy atom. The maximum Gasteiger partial charge on any atom is 0.407 e. The van der Waals surface area contributed by atoms with Gasteiger partial charge in [0.15, 0.2) is 0 Å². The summed E-state index contributed by atoms with van der Waals surface area (Å²) in [4.78, 5) is 16.7. The molecule has 0 aliphatic heterocycles. The fourth-order valence-electron chi connectivity index (χ4n) is 2.83. The predicted molar refractivity (Wildman–Crippen MR) is 107 cm³/mol. The maximum atomic E-state index is 14.1. The van der Waals surface area contributed by atoms with Gasteiger partial charge in [0.2, 0.25) is 11.7 Å². The molecule has 1 heterocycles. The second-order valence-corrected chi connectivity index (χ2v) is 7.72. The number of aromatic nitrogens is 2. The highest BCUT2D eigenvalue weighted by Crippen LogP contribution is 2.17. The first kappa shape index (κ1) is 20.5. The van der Waals surface area contributed by atoms with Crippen LogP contribution in [0.1, 0.15) is 32.2 Å². The highest BCUT2D eigenvalue weighted by Gasteiger charge is 2.23. The number of ether oxygens (including phenoxy) is 1. The van der Waals surface area contributed by atoms with Gasteiger partial charge in [-0.2, -0.15) is 4.98 Å². The second-order valence-electron chi connectivity index (χ2n) is 7.72. The van der Waals surface area contributed by atoms with Gasteiger partial charge >= 0.3 is 6.09 Å². The number of hydrogen-bond acceptors (Lipinski definition) is 5. The Hall–Kier alpha value is -3.22. The molecule has 29 heavy (non-hydrogen) atoms. The molecule has 0 bridgehead atoms. The molecule has 1 amide bonds. The Labute approximate surface area is 169 Å². The van der Waals surface area contributed by atoms with Crippen LogP contribution < -0.4 is 5.32 Å². The topological polar surface area (TPSA) is 77.2 Å². The number of alkyl carbamates (subject to hydrolysis) is 1. The monoisotopic (exact) mass is 397 g/mol. The molecule has 2 aromatic carbocycles. The smallest absolute Gasteiger partial charge is 0.407 e. The SMILES string of the molecule is CC(C)(C)OC(=O)N[C@@H](Cc1nc(-c2ccccc2)no1)Cc1ccccc1F. The maximum absolute atomic E-state index is 14.1. The Bertz CT molecular complexity index is 951. The van der Waals surface area contributed by atoms with E-state index in [1.54, 1.807) is 39.0 Å². The molecule has 0 fully saturated rings. The number of hydrogen-bond donors (Lipinski definition) is 1. The van der Waals surface area contributed by atoms with Crippen LogP contribution in [0.5, 0.6) is 0 Å². The van der Waals surface area contributed by atoms with E-state index in [0.29, 0.717) is 17.3 Å². The minimum absolute atomic E-state index is 0.243. The molecule has 1 atom stereocenters. The number of carbonyl (C=O) groups is 1. The van der Waals surface area contributed by atoms with E-state index < -0.39 is 17.7 Å². The van der Waals surface area contributed by atoms with Gasteiger partial charge in [-0.1, -0.05) is 53.7 Å². The van der Waals surface area contributed by atoms with Crippen LogP contribution in [0.25, 0.3) is 11.4 Å². The largest absolute Gasteiger partial charge is 0.444 e. The van der Waals surface area contributed by atoms with Crippen LogP contribution in [-0.4, -0.2) is 27.9 Å². The molecule has 0 unspecified atom stereocenters. The second kappa shape index (κ2) is 8.86.